The Morgan fingerprint density at radius 1 is 1.35 bits per heavy atom. The van der Waals surface area contributed by atoms with Gasteiger partial charge in [-0.25, -0.2) is 0 Å². The molecule has 140 valence electrons. The van der Waals surface area contributed by atoms with E-state index in [0.29, 0.717) is 39.0 Å². The lowest BCUT2D eigenvalue weighted by atomic mass is 9.93. The molecule has 0 saturated carbocycles. The number of nitrogens with zero attached hydrogens (tertiary/aromatic N) is 2. The minimum Gasteiger partial charge on any atom is -0.393 e. The average molecular weight is 357 g/mol. The first-order valence-electron chi connectivity index (χ1n) is 9.10. The molecule has 0 spiro atoms. The van der Waals surface area contributed by atoms with E-state index in [4.69, 9.17) is 4.74 Å². The number of benzene rings is 1. The predicted molar refractivity (Wildman–Crippen MR) is 98.9 cm³/mol. The highest BCUT2D eigenvalue weighted by molar-refractivity contribution is 5.76. The molecule has 6 heteroatoms. The van der Waals surface area contributed by atoms with Crippen LogP contribution in [0.1, 0.15) is 28.9 Å². The van der Waals surface area contributed by atoms with E-state index >= 15 is 0 Å². The van der Waals surface area contributed by atoms with Crippen molar-refractivity contribution in [2.75, 3.05) is 26.3 Å². The van der Waals surface area contributed by atoms with Crippen molar-refractivity contribution in [3.8, 4) is 0 Å². The number of aliphatic hydroxyl groups excluding tert-OH is 1. The summed E-state index contributed by atoms with van der Waals surface area (Å²) in [6.45, 7) is 5.26. The van der Waals surface area contributed by atoms with E-state index in [9.17, 15) is 9.90 Å². The van der Waals surface area contributed by atoms with Gasteiger partial charge in [-0.2, -0.15) is 5.10 Å². The second kappa shape index (κ2) is 8.01. The first-order valence-corrected chi connectivity index (χ1v) is 9.10. The molecule has 2 N–H and O–H groups in total. The smallest absolute Gasteiger partial charge is 0.223 e. The first-order chi connectivity index (χ1) is 12.5. The monoisotopic (exact) mass is 357 g/mol. The molecule has 1 amide bonds. The minimum absolute atomic E-state index is 0.0965. The number of H-pyrrole nitrogens is 1. The quantitative estimate of drug-likeness (QED) is 0.826. The molecule has 1 atom stereocenters. The molecule has 26 heavy (non-hydrogen) atoms. The Labute approximate surface area is 154 Å². The summed E-state index contributed by atoms with van der Waals surface area (Å²) in [6, 6.07) is 9.95. The molecule has 0 radical (unpaired) electrons. The summed E-state index contributed by atoms with van der Waals surface area (Å²) in [7, 11) is 0. The van der Waals surface area contributed by atoms with Gasteiger partial charge < -0.3 is 14.7 Å². The van der Waals surface area contributed by atoms with Crippen LogP contribution in [0, 0.1) is 13.8 Å². The van der Waals surface area contributed by atoms with Gasteiger partial charge in [-0.1, -0.05) is 30.3 Å². The minimum atomic E-state index is -0.725. The van der Waals surface area contributed by atoms with Crippen LogP contribution >= 0.6 is 0 Å². The molecule has 0 aliphatic carbocycles. The van der Waals surface area contributed by atoms with E-state index in [1.165, 1.54) is 0 Å². The van der Waals surface area contributed by atoms with Gasteiger partial charge in [0, 0.05) is 25.1 Å². The molecule has 2 aromatic rings. The van der Waals surface area contributed by atoms with Crippen LogP contribution in [0.15, 0.2) is 30.3 Å². The third-order valence-electron chi connectivity index (χ3n) is 5.13. The Hall–Kier alpha value is -2.18. The van der Waals surface area contributed by atoms with Crippen molar-refractivity contribution in [3.63, 3.8) is 0 Å². The molecule has 3 rings (SSSR count). The Bertz CT molecular complexity index is 725. The SMILES string of the molecule is Cc1n[nH]c(C)c1CCC(=O)N1CCO[C@](CO)(Cc2ccccc2)C1. The molecular weight excluding hydrogens is 330 g/mol. The molecule has 1 aromatic heterocycles. The summed E-state index contributed by atoms with van der Waals surface area (Å²) in [5.41, 5.74) is 3.46. The lowest BCUT2D eigenvalue weighted by molar-refractivity contribution is -0.157. The number of rotatable bonds is 6. The van der Waals surface area contributed by atoms with Gasteiger partial charge in [0.1, 0.15) is 5.60 Å². The summed E-state index contributed by atoms with van der Waals surface area (Å²) in [4.78, 5) is 14.6. The van der Waals surface area contributed by atoms with Crippen LogP contribution < -0.4 is 0 Å². The molecule has 0 unspecified atom stereocenters. The molecule has 1 aliphatic rings. The highest BCUT2D eigenvalue weighted by atomic mass is 16.5. The third-order valence-corrected chi connectivity index (χ3v) is 5.13. The maximum absolute atomic E-state index is 12.7. The standard InChI is InChI=1S/C20H27N3O3/c1-15-18(16(2)22-21-15)8-9-19(25)23-10-11-26-20(13-23,14-24)12-17-6-4-3-5-7-17/h3-7,24H,8-14H2,1-2H3,(H,21,22)/t20-/m1/s1. The summed E-state index contributed by atoms with van der Waals surface area (Å²) in [5.74, 6) is 0.0965. The topological polar surface area (TPSA) is 78.5 Å². The zero-order valence-electron chi connectivity index (χ0n) is 15.5. The number of hydrogen-bond acceptors (Lipinski definition) is 4. The van der Waals surface area contributed by atoms with Gasteiger partial charge in [0.25, 0.3) is 0 Å². The lowest BCUT2D eigenvalue weighted by Crippen LogP contribution is -2.56. The van der Waals surface area contributed by atoms with E-state index in [0.717, 1.165) is 22.5 Å². The first kappa shape index (κ1) is 18.6. The Morgan fingerprint density at radius 2 is 2.12 bits per heavy atom. The number of aromatic amines is 1. The molecule has 1 saturated heterocycles. The summed E-state index contributed by atoms with van der Waals surface area (Å²) >= 11 is 0. The third kappa shape index (κ3) is 4.14. The number of aromatic nitrogens is 2. The molecule has 6 nitrogen and oxygen atoms in total. The lowest BCUT2D eigenvalue weighted by Gasteiger charge is -2.42. The van der Waals surface area contributed by atoms with Gasteiger partial charge in [0.15, 0.2) is 0 Å². The van der Waals surface area contributed by atoms with Crippen molar-refractivity contribution < 1.29 is 14.6 Å². The van der Waals surface area contributed by atoms with Gasteiger partial charge in [-0.05, 0) is 31.4 Å². The number of carbonyl (C=O) groups is 1. The normalized spacial score (nSPS) is 20.3. The van der Waals surface area contributed by atoms with E-state index in [2.05, 4.69) is 10.2 Å². The van der Waals surface area contributed by atoms with Gasteiger partial charge in [0.05, 0.1) is 25.5 Å². The fourth-order valence-corrected chi connectivity index (χ4v) is 3.62. The molecule has 1 fully saturated rings. The van der Waals surface area contributed by atoms with Gasteiger partial charge >= 0.3 is 0 Å². The van der Waals surface area contributed by atoms with Gasteiger partial charge in [0.2, 0.25) is 5.91 Å². The largest absolute Gasteiger partial charge is 0.393 e. The highest BCUT2D eigenvalue weighted by Gasteiger charge is 2.38. The van der Waals surface area contributed by atoms with E-state index in [1.54, 1.807) is 0 Å². The van der Waals surface area contributed by atoms with Crippen molar-refractivity contribution in [3.05, 3.63) is 52.8 Å². The number of nitrogens with one attached hydrogen (secondary N) is 1. The zero-order valence-corrected chi connectivity index (χ0v) is 15.5. The molecule has 2 heterocycles. The molecular formula is C20H27N3O3. The van der Waals surface area contributed by atoms with Crippen molar-refractivity contribution >= 4 is 5.91 Å². The Balaban J connectivity index is 1.63. The fourth-order valence-electron chi connectivity index (χ4n) is 3.62. The van der Waals surface area contributed by atoms with Gasteiger partial charge in [-0.15, -0.1) is 0 Å². The van der Waals surface area contributed by atoms with Crippen LogP contribution in [-0.4, -0.2) is 58.0 Å². The Kier molecular flexibility index (Phi) is 5.74. The number of hydrogen-bond donors (Lipinski definition) is 2. The van der Waals surface area contributed by atoms with Crippen LogP contribution in [0.2, 0.25) is 0 Å². The maximum atomic E-state index is 12.7. The summed E-state index contributed by atoms with van der Waals surface area (Å²) in [6.07, 6.45) is 1.71. The van der Waals surface area contributed by atoms with Crippen LogP contribution in [-0.2, 0) is 22.4 Å². The van der Waals surface area contributed by atoms with E-state index < -0.39 is 5.60 Å². The van der Waals surface area contributed by atoms with Crippen LogP contribution in [0.5, 0.6) is 0 Å². The number of carbonyl (C=O) groups excluding carboxylic acids is 1. The fraction of sp³-hybridized carbons (Fsp3) is 0.500. The second-order valence-corrected chi connectivity index (χ2v) is 7.08. The maximum Gasteiger partial charge on any atom is 0.223 e. The highest BCUT2D eigenvalue weighted by Crippen LogP contribution is 2.24. The second-order valence-electron chi connectivity index (χ2n) is 7.08. The number of aryl methyl sites for hydroxylation is 2. The van der Waals surface area contributed by atoms with Crippen molar-refractivity contribution in [2.45, 2.75) is 38.7 Å². The van der Waals surface area contributed by atoms with E-state index in [-0.39, 0.29) is 12.5 Å². The van der Waals surface area contributed by atoms with E-state index in [1.807, 2.05) is 49.1 Å². The summed E-state index contributed by atoms with van der Waals surface area (Å²) < 4.78 is 5.93. The van der Waals surface area contributed by atoms with Crippen LogP contribution in [0.3, 0.4) is 0 Å². The van der Waals surface area contributed by atoms with Crippen LogP contribution in [0.25, 0.3) is 0 Å². The number of amides is 1. The Morgan fingerprint density at radius 3 is 2.77 bits per heavy atom. The molecule has 1 aromatic carbocycles. The molecule has 1 aliphatic heterocycles. The summed E-state index contributed by atoms with van der Waals surface area (Å²) in [5, 5.41) is 17.1. The zero-order chi connectivity index (χ0) is 18.6. The molecule has 0 bridgehead atoms. The van der Waals surface area contributed by atoms with Crippen molar-refractivity contribution in [1.29, 1.82) is 0 Å². The van der Waals surface area contributed by atoms with Crippen molar-refractivity contribution in [1.82, 2.24) is 15.1 Å². The predicted octanol–water partition coefficient (Wildman–Crippen LogP) is 1.79. The van der Waals surface area contributed by atoms with Crippen molar-refractivity contribution in [2.24, 2.45) is 0 Å². The number of ether oxygens (including phenoxy) is 1. The number of aliphatic hydroxyl groups is 1. The van der Waals surface area contributed by atoms with Gasteiger partial charge in [-0.3, -0.25) is 9.89 Å². The average Bonchev–Trinajstić information content (AvgIpc) is 2.98. The number of morpholine rings is 1. The van der Waals surface area contributed by atoms with Crippen LogP contribution in [0.4, 0.5) is 0 Å².